The van der Waals surface area contributed by atoms with Crippen LogP contribution in [0, 0.1) is 0 Å². The van der Waals surface area contributed by atoms with Crippen molar-refractivity contribution >= 4 is 17.2 Å². The highest BCUT2D eigenvalue weighted by molar-refractivity contribution is 7.07. The number of hydrogen-bond donors (Lipinski definition) is 1. The quantitative estimate of drug-likeness (QED) is 0.897. The van der Waals surface area contributed by atoms with Crippen molar-refractivity contribution < 1.29 is 0 Å². The molecule has 18 heavy (non-hydrogen) atoms. The van der Waals surface area contributed by atoms with Gasteiger partial charge in [-0.3, -0.25) is 0 Å². The normalized spacial score (nSPS) is 14.7. The van der Waals surface area contributed by atoms with Gasteiger partial charge in [0, 0.05) is 30.9 Å². The van der Waals surface area contributed by atoms with Crippen LogP contribution in [-0.4, -0.2) is 11.0 Å². The van der Waals surface area contributed by atoms with E-state index in [0.717, 1.165) is 17.9 Å². The van der Waals surface area contributed by atoms with Crippen molar-refractivity contribution in [2.45, 2.75) is 32.0 Å². The van der Waals surface area contributed by atoms with Crippen molar-refractivity contribution in [2.75, 3.05) is 4.90 Å². The van der Waals surface area contributed by atoms with Gasteiger partial charge >= 0.3 is 0 Å². The minimum absolute atomic E-state index is 0.552. The summed E-state index contributed by atoms with van der Waals surface area (Å²) in [4.78, 5) is 6.95. The van der Waals surface area contributed by atoms with Crippen molar-refractivity contribution in [3.05, 3.63) is 46.3 Å². The molecular weight excluding hydrogens is 242 g/mol. The highest BCUT2D eigenvalue weighted by atomic mass is 32.1. The lowest BCUT2D eigenvalue weighted by molar-refractivity contribution is 0.770. The lowest BCUT2D eigenvalue weighted by Crippen LogP contribution is -2.27. The Labute approximate surface area is 111 Å². The summed E-state index contributed by atoms with van der Waals surface area (Å²) in [7, 11) is 0. The summed E-state index contributed by atoms with van der Waals surface area (Å²) in [5.74, 6) is 1.06. The molecule has 1 aliphatic rings. The molecule has 0 aliphatic heterocycles. The van der Waals surface area contributed by atoms with Gasteiger partial charge in [-0.2, -0.15) is 11.3 Å². The first kappa shape index (κ1) is 11.7. The highest BCUT2D eigenvalue weighted by Crippen LogP contribution is 2.33. The van der Waals surface area contributed by atoms with Crippen LogP contribution < -0.4 is 10.6 Å². The van der Waals surface area contributed by atoms with Gasteiger partial charge in [-0.1, -0.05) is 6.07 Å². The first-order valence-electron chi connectivity index (χ1n) is 6.30. The van der Waals surface area contributed by atoms with E-state index < -0.39 is 0 Å². The fourth-order valence-corrected chi connectivity index (χ4v) is 2.85. The molecule has 0 bridgehead atoms. The molecule has 3 nitrogen and oxygen atoms in total. The Balaban J connectivity index is 1.89. The molecule has 2 heterocycles. The third kappa shape index (κ3) is 2.40. The lowest BCUT2D eigenvalue weighted by atomic mass is 10.2. The number of anilines is 1. The Kier molecular flexibility index (Phi) is 3.30. The summed E-state index contributed by atoms with van der Waals surface area (Å²) in [6.45, 7) is 1.49. The number of rotatable bonds is 5. The molecule has 0 atom stereocenters. The summed E-state index contributed by atoms with van der Waals surface area (Å²) < 4.78 is 0. The molecule has 0 spiro atoms. The van der Waals surface area contributed by atoms with Gasteiger partial charge in [0.25, 0.3) is 0 Å². The molecule has 0 saturated heterocycles. The van der Waals surface area contributed by atoms with Gasteiger partial charge < -0.3 is 10.6 Å². The molecule has 3 rings (SSSR count). The van der Waals surface area contributed by atoms with E-state index in [1.165, 1.54) is 18.4 Å². The SMILES string of the molecule is NCc1cccnc1N(Cc1ccsc1)C1CC1. The van der Waals surface area contributed by atoms with Gasteiger partial charge in [0.1, 0.15) is 5.82 Å². The molecular formula is C14H17N3S. The summed E-state index contributed by atoms with van der Waals surface area (Å²) >= 11 is 1.75. The van der Waals surface area contributed by atoms with Crippen LogP contribution in [0.4, 0.5) is 5.82 Å². The van der Waals surface area contributed by atoms with Gasteiger partial charge in [-0.05, 0) is 41.3 Å². The molecule has 2 N–H and O–H groups in total. The first-order valence-corrected chi connectivity index (χ1v) is 7.24. The zero-order valence-electron chi connectivity index (χ0n) is 10.2. The summed E-state index contributed by atoms with van der Waals surface area (Å²) in [6, 6.07) is 6.86. The van der Waals surface area contributed by atoms with Crippen molar-refractivity contribution in [3.63, 3.8) is 0 Å². The van der Waals surface area contributed by atoms with E-state index >= 15 is 0 Å². The molecule has 0 radical (unpaired) electrons. The maximum Gasteiger partial charge on any atom is 0.133 e. The number of nitrogens with two attached hydrogens (primary N) is 1. The van der Waals surface area contributed by atoms with Gasteiger partial charge in [0.05, 0.1) is 0 Å². The van der Waals surface area contributed by atoms with Gasteiger partial charge in [-0.15, -0.1) is 0 Å². The predicted octanol–water partition coefficient (Wildman–Crippen LogP) is 2.77. The van der Waals surface area contributed by atoms with Crippen LogP contribution in [0.3, 0.4) is 0 Å². The van der Waals surface area contributed by atoms with Gasteiger partial charge in [0.15, 0.2) is 0 Å². The number of nitrogens with zero attached hydrogens (tertiary/aromatic N) is 2. The smallest absolute Gasteiger partial charge is 0.133 e. The van der Waals surface area contributed by atoms with Gasteiger partial charge in [0.2, 0.25) is 0 Å². The second-order valence-corrected chi connectivity index (χ2v) is 5.46. The molecule has 1 saturated carbocycles. The number of aromatic nitrogens is 1. The number of thiophene rings is 1. The van der Waals surface area contributed by atoms with E-state index in [0.29, 0.717) is 12.6 Å². The Bertz CT molecular complexity index is 506. The van der Waals surface area contributed by atoms with Crippen molar-refractivity contribution in [1.29, 1.82) is 0 Å². The molecule has 0 amide bonds. The minimum atomic E-state index is 0.552. The Morgan fingerprint density at radius 1 is 1.39 bits per heavy atom. The molecule has 4 heteroatoms. The van der Waals surface area contributed by atoms with Crippen LogP contribution in [0.5, 0.6) is 0 Å². The zero-order valence-corrected chi connectivity index (χ0v) is 11.1. The standard InChI is InChI=1S/C14H17N3S/c15-8-12-2-1-6-16-14(12)17(13-3-4-13)9-11-5-7-18-10-11/h1-2,5-7,10,13H,3-4,8-9,15H2. The molecule has 1 fully saturated rings. The van der Waals surface area contributed by atoms with E-state index in [1.807, 2.05) is 12.3 Å². The lowest BCUT2D eigenvalue weighted by Gasteiger charge is -2.25. The van der Waals surface area contributed by atoms with Crippen LogP contribution in [0.1, 0.15) is 24.0 Å². The first-order chi connectivity index (χ1) is 8.88. The van der Waals surface area contributed by atoms with Crippen LogP contribution in [0.15, 0.2) is 35.2 Å². The van der Waals surface area contributed by atoms with Crippen LogP contribution in [-0.2, 0) is 13.1 Å². The van der Waals surface area contributed by atoms with E-state index in [-0.39, 0.29) is 0 Å². The largest absolute Gasteiger partial charge is 0.349 e. The number of pyridine rings is 1. The Morgan fingerprint density at radius 3 is 2.94 bits per heavy atom. The fraction of sp³-hybridized carbons (Fsp3) is 0.357. The highest BCUT2D eigenvalue weighted by Gasteiger charge is 2.31. The molecule has 0 unspecified atom stereocenters. The van der Waals surface area contributed by atoms with Crippen molar-refractivity contribution in [3.8, 4) is 0 Å². The van der Waals surface area contributed by atoms with Crippen molar-refractivity contribution in [2.24, 2.45) is 5.73 Å². The topological polar surface area (TPSA) is 42.1 Å². The maximum atomic E-state index is 5.82. The molecule has 94 valence electrons. The molecule has 1 aliphatic carbocycles. The average molecular weight is 259 g/mol. The molecule has 2 aromatic rings. The third-order valence-corrected chi connectivity index (χ3v) is 4.01. The second-order valence-electron chi connectivity index (χ2n) is 4.68. The average Bonchev–Trinajstić information content (AvgIpc) is 3.13. The monoisotopic (exact) mass is 259 g/mol. The summed E-state index contributed by atoms with van der Waals surface area (Å²) in [5.41, 5.74) is 8.32. The third-order valence-electron chi connectivity index (χ3n) is 3.28. The van der Waals surface area contributed by atoms with E-state index in [9.17, 15) is 0 Å². The van der Waals surface area contributed by atoms with Gasteiger partial charge in [-0.25, -0.2) is 4.98 Å². The molecule has 0 aromatic carbocycles. The predicted molar refractivity (Wildman–Crippen MR) is 75.7 cm³/mol. The van der Waals surface area contributed by atoms with E-state index in [4.69, 9.17) is 5.73 Å². The Morgan fingerprint density at radius 2 is 2.28 bits per heavy atom. The second kappa shape index (κ2) is 5.08. The summed E-state index contributed by atoms with van der Waals surface area (Å²) in [5, 5.41) is 4.34. The van der Waals surface area contributed by atoms with E-state index in [2.05, 4.69) is 32.8 Å². The Hall–Kier alpha value is -1.39. The number of hydrogen-bond acceptors (Lipinski definition) is 4. The van der Waals surface area contributed by atoms with Crippen molar-refractivity contribution in [1.82, 2.24) is 4.98 Å². The minimum Gasteiger partial charge on any atom is -0.349 e. The van der Waals surface area contributed by atoms with Crippen LogP contribution in [0.2, 0.25) is 0 Å². The molecule has 2 aromatic heterocycles. The van der Waals surface area contributed by atoms with E-state index in [1.54, 1.807) is 11.3 Å². The maximum absolute atomic E-state index is 5.82. The fourth-order valence-electron chi connectivity index (χ4n) is 2.19. The van der Waals surface area contributed by atoms with Crippen LogP contribution >= 0.6 is 11.3 Å². The van der Waals surface area contributed by atoms with Crippen LogP contribution in [0.25, 0.3) is 0 Å². The summed E-state index contributed by atoms with van der Waals surface area (Å²) in [6.07, 6.45) is 4.40. The zero-order chi connectivity index (χ0) is 12.4.